The highest BCUT2D eigenvalue weighted by atomic mass is 35.5. The molecule has 0 saturated carbocycles. The fourth-order valence-electron chi connectivity index (χ4n) is 2.52. The molecule has 0 aliphatic heterocycles. The topological polar surface area (TPSA) is 54.9 Å². The van der Waals surface area contributed by atoms with Gasteiger partial charge in [-0.15, -0.1) is 0 Å². The van der Waals surface area contributed by atoms with E-state index in [-0.39, 0.29) is 11.3 Å². The van der Waals surface area contributed by atoms with Crippen LogP contribution in [-0.2, 0) is 5.41 Å². The van der Waals surface area contributed by atoms with Crippen LogP contribution < -0.4 is 5.32 Å². The van der Waals surface area contributed by atoms with Gasteiger partial charge >= 0.3 is 0 Å². The first kappa shape index (κ1) is 18.1. The van der Waals surface area contributed by atoms with Crippen molar-refractivity contribution in [3.8, 4) is 11.3 Å². The van der Waals surface area contributed by atoms with Crippen LogP contribution in [0.15, 0.2) is 60.9 Å². The summed E-state index contributed by atoms with van der Waals surface area (Å²) in [4.78, 5) is 20.9. The molecule has 4 nitrogen and oxygen atoms in total. The number of hydrogen-bond acceptors (Lipinski definition) is 3. The molecule has 0 aliphatic rings. The van der Waals surface area contributed by atoms with Gasteiger partial charge in [-0.25, -0.2) is 0 Å². The Kier molecular flexibility index (Phi) is 5.05. The average molecular weight is 366 g/mol. The second kappa shape index (κ2) is 7.26. The number of amides is 1. The highest BCUT2D eigenvalue weighted by Crippen LogP contribution is 2.25. The Bertz CT molecular complexity index is 913. The highest BCUT2D eigenvalue weighted by Gasteiger charge is 2.14. The number of nitrogens with one attached hydrogen (secondary N) is 1. The van der Waals surface area contributed by atoms with Crippen LogP contribution in [-0.4, -0.2) is 15.9 Å². The monoisotopic (exact) mass is 365 g/mol. The molecule has 0 spiro atoms. The minimum atomic E-state index is -0.257. The number of nitrogens with zero attached hydrogens (tertiary/aromatic N) is 2. The minimum Gasteiger partial charge on any atom is -0.321 e. The number of carbonyl (C=O) groups is 1. The number of pyridine rings is 2. The maximum Gasteiger partial charge on any atom is 0.274 e. The Morgan fingerprint density at radius 1 is 1.00 bits per heavy atom. The number of halogens is 1. The first-order valence-corrected chi connectivity index (χ1v) is 8.71. The summed E-state index contributed by atoms with van der Waals surface area (Å²) in [5.74, 6) is -0.257. The molecule has 0 unspecified atom stereocenters. The Labute approximate surface area is 158 Å². The van der Waals surface area contributed by atoms with E-state index in [1.807, 2.05) is 24.3 Å². The van der Waals surface area contributed by atoms with E-state index in [1.165, 1.54) is 5.56 Å². The summed E-state index contributed by atoms with van der Waals surface area (Å²) in [6.45, 7) is 6.46. The lowest BCUT2D eigenvalue weighted by atomic mass is 9.87. The smallest absolute Gasteiger partial charge is 0.274 e. The molecule has 26 heavy (non-hydrogen) atoms. The molecule has 2 aromatic heterocycles. The Hall–Kier alpha value is -2.72. The fraction of sp³-hybridized carbons (Fsp3) is 0.190. The normalized spacial score (nSPS) is 11.2. The lowest BCUT2D eigenvalue weighted by Crippen LogP contribution is -2.14. The van der Waals surface area contributed by atoms with Gasteiger partial charge in [0.2, 0.25) is 0 Å². The third-order valence-electron chi connectivity index (χ3n) is 4.04. The van der Waals surface area contributed by atoms with Crippen molar-refractivity contribution < 1.29 is 4.79 Å². The summed E-state index contributed by atoms with van der Waals surface area (Å²) >= 11 is 6.14. The zero-order chi connectivity index (χ0) is 18.7. The van der Waals surface area contributed by atoms with Crippen molar-refractivity contribution in [2.24, 2.45) is 0 Å². The summed E-state index contributed by atoms with van der Waals surface area (Å²) in [6, 6.07) is 14.8. The molecule has 1 amide bonds. The molecule has 2 heterocycles. The summed E-state index contributed by atoms with van der Waals surface area (Å²) < 4.78 is 0. The first-order chi connectivity index (χ1) is 12.3. The standard InChI is InChI=1S/C21H20ClN3O/c1-21(2,3)15-7-9-16(10-8-15)25-20(26)18-11-6-14(13-24-18)19-17(22)5-4-12-23-19/h4-13H,1-3H3,(H,25,26). The van der Waals surface area contributed by atoms with Crippen LogP contribution in [0.5, 0.6) is 0 Å². The maximum absolute atomic E-state index is 12.4. The van der Waals surface area contributed by atoms with Crippen LogP contribution in [0.1, 0.15) is 36.8 Å². The van der Waals surface area contributed by atoms with E-state index < -0.39 is 0 Å². The molecular weight excluding hydrogens is 346 g/mol. The predicted molar refractivity (Wildman–Crippen MR) is 106 cm³/mol. The molecule has 0 fully saturated rings. The van der Waals surface area contributed by atoms with E-state index in [9.17, 15) is 4.79 Å². The van der Waals surface area contributed by atoms with Crippen molar-refractivity contribution in [2.75, 3.05) is 5.32 Å². The van der Waals surface area contributed by atoms with Crippen molar-refractivity contribution in [1.29, 1.82) is 0 Å². The van der Waals surface area contributed by atoms with Gasteiger partial charge in [-0.2, -0.15) is 0 Å². The number of rotatable bonds is 3. The van der Waals surface area contributed by atoms with Gasteiger partial charge in [0.1, 0.15) is 5.69 Å². The third kappa shape index (κ3) is 4.09. The van der Waals surface area contributed by atoms with E-state index in [4.69, 9.17) is 11.6 Å². The second-order valence-corrected chi connectivity index (χ2v) is 7.45. The lowest BCUT2D eigenvalue weighted by molar-refractivity contribution is 0.102. The van der Waals surface area contributed by atoms with Gasteiger partial charge in [0.25, 0.3) is 5.91 Å². The van der Waals surface area contributed by atoms with Crippen LogP contribution >= 0.6 is 11.6 Å². The molecule has 3 aromatic rings. The van der Waals surface area contributed by atoms with Crippen molar-refractivity contribution in [2.45, 2.75) is 26.2 Å². The fourth-order valence-corrected chi connectivity index (χ4v) is 2.75. The molecule has 1 aromatic carbocycles. The molecule has 0 radical (unpaired) electrons. The van der Waals surface area contributed by atoms with E-state index in [0.717, 1.165) is 11.3 Å². The molecule has 0 bridgehead atoms. The Balaban J connectivity index is 1.73. The number of anilines is 1. The van der Waals surface area contributed by atoms with Crippen LogP contribution in [0.2, 0.25) is 5.02 Å². The van der Waals surface area contributed by atoms with E-state index in [0.29, 0.717) is 16.4 Å². The van der Waals surface area contributed by atoms with E-state index >= 15 is 0 Å². The van der Waals surface area contributed by atoms with Gasteiger partial charge in [0.05, 0.1) is 10.7 Å². The summed E-state index contributed by atoms with van der Waals surface area (Å²) in [5, 5.41) is 3.41. The average Bonchev–Trinajstić information content (AvgIpc) is 2.62. The first-order valence-electron chi connectivity index (χ1n) is 8.33. The van der Waals surface area contributed by atoms with Gasteiger partial charge < -0.3 is 5.32 Å². The van der Waals surface area contributed by atoms with Crippen molar-refractivity contribution in [3.63, 3.8) is 0 Å². The molecule has 3 rings (SSSR count). The van der Waals surface area contributed by atoms with Gasteiger partial charge in [-0.3, -0.25) is 14.8 Å². The highest BCUT2D eigenvalue weighted by molar-refractivity contribution is 6.33. The molecule has 1 N–H and O–H groups in total. The lowest BCUT2D eigenvalue weighted by Gasteiger charge is -2.19. The molecule has 0 saturated heterocycles. The van der Waals surface area contributed by atoms with Crippen LogP contribution in [0.4, 0.5) is 5.69 Å². The van der Waals surface area contributed by atoms with Gasteiger partial charge in [-0.05, 0) is 47.4 Å². The van der Waals surface area contributed by atoms with Gasteiger partial charge in [0.15, 0.2) is 0 Å². The Morgan fingerprint density at radius 2 is 1.73 bits per heavy atom. The quantitative estimate of drug-likeness (QED) is 0.680. The minimum absolute atomic E-state index is 0.0761. The third-order valence-corrected chi connectivity index (χ3v) is 4.34. The van der Waals surface area contributed by atoms with E-state index in [2.05, 4.69) is 36.1 Å². The second-order valence-electron chi connectivity index (χ2n) is 7.05. The van der Waals surface area contributed by atoms with E-state index in [1.54, 1.807) is 36.7 Å². The number of benzene rings is 1. The SMILES string of the molecule is CC(C)(C)c1ccc(NC(=O)c2ccc(-c3ncccc3Cl)cn2)cc1. The summed E-state index contributed by atoms with van der Waals surface area (Å²) in [6.07, 6.45) is 3.27. The molecule has 0 atom stereocenters. The predicted octanol–water partition coefficient (Wildman–Crippen LogP) is 5.35. The number of aromatic nitrogens is 2. The van der Waals surface area contributed by atoms with Crippen molar-refractivity contribution in [3.05, 3.63) is 77.2 Å². The molecule has 0 aliphatic carbocycles. The largest absolute Gasteiger partial charge is 0.321 e. The van der Waals surface area contributed by atoms with Crippen molar-refractivity contribution >= 4 is 23.2 Å². The van der Waals surface area contributed by atoms with Crippen LogP contribution in [0.25, 0.3) is 11.3 Å². The zero-order valence-electron chi connectivity index (χ0n) is 15.0. The molecule has 132 valence electrons. The van der Waals surface area contributed by atoms with Gasteiger partial charge in [0, 0.05) is 23.6 Å². The van der Waals surface area contributed by atoms with Crippen molar-refractivity contribution in [1.82, 2.24) is 9.97 Å². The molecule has 5 heteroatoms. The zero-order valence-corrected chi connectivity index (χ0v) is 15.7. The summed E-state index contributed by atoms with van der Waals surface area (Å²) in [5.41, 5.74) is 3.77. The number of hydrogen-bond donors (Lipinski definition) is 1. The van der Waals surface area contributed by atoms with Crippen LogP contribution in [0.3, 0.4) is 0 Å². The molecular formula is C21H20ClN3O. The number of carbonyl (C=O) groups excluding carboxylic acids is 1. The summed E-state index contributed by atoms with van der Waals surface area (Å²) in [7, 11) is 0. The van der Waals surface area contributed by atoms with Gasteiger partial charge in [-0.1, -0.05) is 44.5 Å². The van der Waals surface area contributed by atoms with Crippen LogP contribution in [0, 0.1) is 0 Å². The maximum atomic E-state index is 12.4. The Morgan fingerprint density at radius 3 is 2.31 bits per heavy atom.